The summed E-state index contributed by atoms with van der Waals surface area (Å²) in [5, 5.41) is 11.9. The Morgan fingerprint density at radius 2 is 1.20 bits per heavy atom. The summed E-state index contributed by atoms with van der Waals surface area (Å²) in [6.07, 6.45) is 5.15. The fourth-order valence-electron chi connectivity index (χ4n) is 6.71. The zero-order chi connectivity index (χ0) is 43.6. The van der Waals surface area contributed by atoms with E-state index in [9.17, 15) is 19.2 Å². The summed E-state index contributed by atoms with van der Waals surface area (Å²) in [6, 6.07) is 29.2. The molecule has 61 heavy (non-hydrogen) atoms. The molecule has 0 bridgehead atoms. The predicted octanol–water partition coefficient (Wildman–Crippen LogP) is 6.01. The number of hydrogen-bond donors (Lipinski definition) is 5. The summed E-state index contributed by atoms with van der Waals surface area (Å²) in [6.45, 7) is 11.3. The van der Waals surface area contributed by atoms with Gasteiger partial charge in [-0.25, -0.2) is 4.79 Å². The summed E-state index contributed by atoms with van der Waals surface area (Å²) in [4.78, 5) is 58.3. The van der Waals surface area contributed by atoms with Gasteiger partial charge in [0.1, 0.15) is 42.8 Å². The molecular weight excluding hydrogens is 773 g/mol. The molecule has 7 N–H and O–H groups in total. The van der Waals surface area contributed by atoms with Crippen LogP contribution in [-0.2, 0) is 30.5 Å². The predicted molar refractivity (Wildman–Crippen MR) is 240 cm³/mol. The Balaban J connectivity index is 1.34. The van der Waals surface area contributed by atoms with Crippen molar-refractivity contribution < 1.29 is 33.4 Å². The number of hydrogen-bond acceptors (Lipinski definition) is 8. The molecule has 5 aromatic carbocycles. The highest BCUT2D eigenvalue weighted by Gasteiger charge is 2.30. The number of nitrogens with zero attached hydrogens (tertiary/aromatic N) is 1. The van der Waals surface area contributed by atoms with Gasteiger partial charge in [-0.15, -0.1) is 13.2 Å². The van der Waals surface area contributed by atoms with Crippen molar-refractivity contribution in [1.82, 2.24) is 16.0 Å². The van der Waals surface area contributed by atoms with Crippen LogP contribution in [0.25, 0.3) is 32.7 Å². The van der Waals surface area contributed by atoms with E-state index in [0.717, 1.165) is 38.2 Å². The van der Waals surface area contributed by atoms with E-state index in [1.54, 1.807) is 12.1 Å². The molecule has 0 radical (unpaired) electrons. The van der Waals surface area contributed by atoms with Gasteiger partial charge in [0.05, 0.1) is 0 Å². The standard InChI is InChI=1S/C48H52N6O7/c1-4-15-37(45(56)53-38(23-14-28-51-48(49)50)46(57)54-39(16-5-2)47(58)61-30-32-17-8-7-9-18-32)52-42(55)31-60-41-27-25-34-20-11-13-22-36(34)44(41)43-35-21-12-10-19-33(35)24-26-40(43)59-29-6-3/h4-13,17-22,24-27,37-39H,1-3,14-16,23,28-31H2,(H,52,55)(H,53,56)(H,54,57)(H4,49,50,51)/t37-,38-,39+/m1/s1. The maximum atomic E-state index is 13.8. The molecule has 0 heterocycles. The molecule has 0 saturated heterocycles. The first-order chi connectivity index (χ1) is 29.6. The van der Waals surface area contributed by atoms with Gasteiger partial charge in [-0.1, -0.05) is 116 Å². The van der Waals surface area contributed by atoms with Gasteiger partial charge in [0.2, 0.25) is 11.8 Å². The summed E-state index contributed by atoms with van der Waals surface area (Å²) >= 11 is 0. The van der Waals surface area contributed by atoms with E-state index in [1.807, 2.05) is 97.1 Å². The van der Waals surface area contributed by atoms with Gasteiger partial charge in [-0.2, -0.15) is 0 Å². The number of ether oxygens (including phenoxy) is 3. The van der Waals surface area contributed by atoms with Crippen molar-refractivity contribution in [1.29, 1.82) is 0 Å². The summed E-state index contributed by atoms with van der Waals surface area (Å²) < 4.78 is 17.9. The van der Waals surface area contributed by atoms with Crippen LogP contribution >= 0.6 is 0 Å². The lowest BCUT2D eigenvalue weighted by Crippen LogP contribution is -2.56. The second-order valence-corrected chi connectivity index (χ2v) is 14.0. The lowest BCUT2D eigenvalue weighted by Gasteiger charge is -2.24. The van der Waals surface area contributed by atoms with Crippen molar-refractivity contribution in [3.05, 3.63) is 147 Å². The van der Waals surface area contributed by atoms with E-state index in [4.69, 9.17) is 25.7 Å². The topological polar surface area (TPSA) is 196 Å². The molecule has 0 saturated carbocycles. The minimum atomic E-state index is -1.14. The number of carbonyl (C=O) groups excluding carboxylic acids is 4. The quantitative estimate of drug-likeness (QED) is 0.0172. The Kier molecular flexibility index (Phi) is 16.6. The summed E-state index contributed by atoms with van der Waals surface area (Å²) in [5.41, 5.74) is 13.3. The monoisotopic (exact) mass is 824 g/mol. The number of rotatable bonds is 23. The van der Waals surface area contributed by atoms with Crippen LogP contribution in [0, 0.1) is 0 Å². The highest BCUT2D eigenvalue weighted by atomic mass is 16.5. The van der Waals surface area contributed by atoms with Gasteiger partial charge in [-0.3, -0.25) is 19.4 Å². The van der Waals surface area contributed by atoms with E-state index in [-0.39, 0.29) is 45.0 Å². The molecule has 316 valence electrons. The Morgan fingerprint density at radius 3 is 1.80 bits per heavy atom. The minimum Gasteiger partial charge on any atom is -0.489 e. The first-order valence-electron chi connectivity index (χ1n) is 19.9. The number of benzene rings is 5. The van der Waals surface area contributed by atoms with Crippen LogP contribution in [0.3, 0.4) is 0 Å². The number of amides is 3. The zero-order valence-electron chi connectivity index (χ0n) is 34.0. The van der Waals surface area contributed by atoms with Crippen molar-refractivity contribution in [3.8, 4) is 22.6 Å². The number of guanidine groups is 1. The minimum absolute atomic E-state index is 0.00500. The second kappa shape index (κ2) is 22.7. The molecule has 0 spiro atoms. The average molecular weight is 825 g/mol. The highest BCUT2D eigenvalue weighted by Crippen LogP contribution is 2.45. The van der Waals surface area contributed by atoms with Crippen LogP contribution in [0.2, 0.25) is 0 Å². The van der Waals surface area contributed by atoms with E-state index in [2.05, 4.69) is 40.7 Å². The van der Waals surface area contributed by atoms with E-state index in [1.165, 1.54) is 12.2 Å². The summed E-state index contributed by atoms with van der Waals surface area (Å²) in [5.74, 6) is -1.66. The van der Waals surface area contributed by atoms with Gasteiger partial charge >= 0.3 is 5.97 Å². The van der Waals surface area contributed by atoms with Gasteiger partial charge in [-0.05, 0) is 64.9 Å². The third kappa shape index (κ3) is 12.5. The third-order valence-electron chi connectivity index (χ3n) is 9.61. The molecule has 0 aliphatic heterocycles. The van der Waals surface area contributed by atoms with Crippen LogP contribution < -0.4 is 36.9 Å². The van der Waals surface area contributed by atoms with Crippen molar-refractivity contribution in [2.24, 2.45) is 16.5 Å². The molecule has 0 unspecified atom stereocenters. The molecular formula is C48H52N6O7. The molecule has 13 nitrogen and oxygen atoms in total. The van der Waals surface area contributed by atoms with Gasteiger partial charge in [0.25, 0.3) is 5.91 Å². The molecule has 5 aromatic rings. The van der Waals surface area contributed by atoms with Crippen molar-refractivity contribution in [2.45, 2.75) is 50.4 Å². The summed E-state index contributed by atoms with van der Waals surface area (Å²) in [7, 11) is 0. The Labute approximate surface area is 355 Å². The average Bonchev–Trinajstić information content (AvgIpc) is 3.27. The maximum Gasteiger partial charge on any atom is 0.329 e. The van der Waals surface area contributed by atoms with Crippen molar-refractivity contribution >= 4 is 51.2 Å². The molecule has 0 fully saturated rings. The van der Waals surface area contributed by atoms with Gasteiger partial charge in [0, 0.05) is 17.7 Å². The van der Waals surface area contributed by atoms with E-state index >= 15 is 0 Å². The van der Waals surface area contributed by atoms with Gasteiger partial charge in [0.15, 0.2) is 12.6 Å². The van der Waals surface area contributed by atoms with Crippen LogP contribution in [0.15, 0.2) is 146 Å². The number of fused-ring (bicyclic) bond motifs is 2. The lowest BCUT2D eigenvalue weighted by atomic mass is 9.92. The van der Waals surface area contributed by atoms with Crippen LogP contribution in [-0.4, -0.2) is 67.5 Å². The first-order valence-corrected chi connectivity index (χ1v) is 19.9. The first kappa shape index (κ1) is 44.7. The van der Waals surface area contributed by atoms with Crippen LogP contribution in [0.1, 0.15) is 31.2 Å². The second-order valence-electron chi connectivity index (χ2n) is 14.0. The fraction of sp³-hybridized carbons (Fsp3) is 0.229. The molecule has 13 heteroatoms. The van der Waals surface area contributed by atoms with Crippen molar-refractivity contribution in [2.75, 3.05) is 19.8 Å². The number of aliphatic imine (C=N–C) groups is 1. The Bertz CT molecular complexity index is 2380. The molecule has 3 atom stereocenters. The number of carbonyl (C=O) groups is 4. The van der Waals surface area contributed by atoms with Crippen LogP contribution in [0.5, 0.6) is 11.5 Å². The largest absolute Gasteiger partial charge is 0.489 e. The third-order valence-corrected chi connectivity index (χ3v) is 9.61. The number of esters is 1. The molecule has 0 aliphatic rings. The lowest BCUT2D eigenvalue weighted by molar-refractivity contribution is -0.149. The Hall–Kier alpha value is -7.41. The normalized spacial score (nSPS) is 12.2. The molecule has 0 aromatic heterocycles. The fourth-order valence-corrected chi connectivity index (χ4v) is 6.71. The molecule has 0 aliphatic carbocycles. The van der Waals surface area contributed by atoms with Gasteiger partial charge < -0.3 is 41.6 Å². The van der Waals surface area contributed by atoms with Crippen molar-refractivity contribution in [3.63, 3.8) is 0 Å². The van der Waals surface area contributed by atoms with E-state index < -0.39 is 48.4 Å². The molecule has 5 rings (SSSR count). The number of nitrogens with two attached hydrogens (primary N) is 2. The Morgan fingerprint density at radius 1 is 0.639 bits per heavy atom. The molecule has 3 amide bonds. The smallest absolute Gasteiger partial charge is 0.329 e. The van der Waals surface area contributed by atoms with E-state index in [0.29, 0.717) is 17.9 Å². The zero-order valence-corrected chi connectivity index (χ0v) is 34.0. The maximum absolute atomic E-state index is 13.8. The van der Waals surface area contributed by atoms with Crippen LogP contribution in [0.4, 0.5) is 0 Å². The highest BCUT2D eigenvalue weighted by molar-refractivity contribution is 6.10. The SMILES string of the molecule is C=CCOc1ccc2ccccc2c1-c1c(OCC(=O)N[C@H](CC=C)C(=O)N[C@H](CCCN=C(N)N)C(=O)N[C@@H](CC=C)C(=O)OCc2ccccc2)ccc2ccccc12. The number of nitrogens with one attached hydrogen (secondary N) is 3.